The van der Waals surface area contributed by atoms with Crippen LogP contribution in [0, 0.1) is 32.6 Å². The Balaban J connectivity index is 1.29. The van der Waals surface area contributed by atoms with Crippen LogP contribution >= 0.6 is 0 Å². The van der Waals surface area contributed by atoms with Crippen molar-refractivity contribution in [2.75, 3.05) is 38.0 Å². The first-order chi connectivity index (χ1) is 16.6. The molecule has 35 heavy (non-hydrogen) atoms. The number of anilines is 1. The molecule has 2 aliphatic heterocycles. The monoisotopic (exact) mass is 500 g/mol. The van der Waals surface area contributed by atoms with Crippen LogP contribution in [0.2, 0.25) is 0 Å². The highest BCUT2D eigenvalue weighted by Crippen LogP contribution is 2.45. The van der Waals surface area contributed by atoms with E-state index in [1.165, 1.54) is 4.31 Å². The number of aryl methyl sites for hydroxylation is 3. The zero-order chi connectivity index (χ0) is 24.9. The Morgan fingerprint density at radius 3 is 2.46 bits per heavy atom. The molecule has 2 unspecified atom stereocenters. The number of nitrogens with one attached hydrogen (secondary N) is 1. The van der Waals surface area contributed by atoms with Crippen LogP contribution in [-0.2, 0) is 14.9 Å². The summed E-state index contributed by atoms with van der Waals surface area (Å²) in [5.74, 6) is 1.24. The number of benzene rings is 1. The van der Waals surface area contributed by atoms with Crippen LogP contribution in [0.3, 0.4) is 0 Å². The number of fused-ring (bicyclic) bond motifs is 1. The molecule has 2 saturated heterocycles. The first-order valence-corrected chi connectivity index (χ1v) is 13.4. The van der Waals surface area contributed by atoms with Gasteiger partial charge in [-0.1, -0.05) is 17.7 Å². The van der Waals surface area contributed by atoms with E-state index >= 15 is 0 Å². The van der Waals surface area contributed by atoms with Gasteiger partial charge in [-0.05, 0) is 56.7 Å². The molecule has 1 saturated carbocycles. The summed E-state index contributed by atoms with van der Waals surface area (Å²) in [6, 6.07) is 9.10. The van der Waals surface area contributed by atoms with Gasteiger partial charge >= 0.3 is 10.2 Å². The Morgan fingerprint density at radius 1 is 1.03 bits per heavy atom. The number of carbonyl (C=O) groups excluding carboxylic acids is 1. The summed E-state index contributed by atoms with van der Waals surface area (Å²) in [6.07, 6.45) is 0.366. The molecule has 1 N–H and O–H groups in total. The minimum absolute atomic E-state index is 0.0614. The molecule has 0 bridgehead atoms. The second-order valence-electron chi connectivity index (χ2n) is 9.97. The average Bonchev–Trinajstić information content (AvgIpc) is 3.20. The van der Waals surface area contributed by atoms with Crippen molar-refractivity contribution in [2.45, 2.75) is 39.4 Å². The molecule has 0 spiro atoms. The summed E-state index contributed by atoms with van der Waals surface area (Å²) >= 11 is 0. The number of pyridine rings is 1. The molecular formula is C25H32N4O5S. The molecular weight excluding hydrogens is 468 g/mol. The predicted molar refractivity (Wildman–Crippen MR) is 132 cm³/mol. The Morgan fingerprint density at radius 2 is 1.74 bits per heavy atom. The lowest BCUT2D eigenvalue weighted by atomic mass is 10.0. The molecule has 188 valence electrons. The largest absolute Gasteiger partial charge is 0.470 e. The fourth-order valence-electron chi connectivity index (χ4n) is 5.06. The van der Waals surface area contributed by atoms with E-state index in [1.54, 1.807) is 31.1 Å². The van der Waals surface area contributed by atoms with Crippen LogP contribution in [0.5, 0.6) is 5.88 Å². The summed E-state index contributed by atoms with van der Waals surface area (Å²) < 4.78 is 41.6. The van der Waals surface area contributed by atoms with Gasteiger partial charge in [0, 0.05) is 37.5 Å². The number of hydrogen-bond donors (Lipinski definition) is 1. The molecule has 1 aromatic carbocycles. The first-order valence-electron chi connectivity index (χ1n) is 12.0. The minimum Gasteiger partial charge on any atom is -0.470 e. The molecule has 1 amide bonds. The van der Waals surface area contributed by atoms with Crippen molar-refractivity contribution in [2.24, 2.45) is 11.8 Å². The van der Waals surface area contributed by atoms with Crippen molar-refractivity contribution in [1.29, 1.82) is 0 Å². The molecule has 4 atom stereocenters. The molecule has 2 aromatic rings. The third-order valence-corrected chi connectivity index (χ3v) is 8.63. The number of hydrogen-bond acceptors (Lipinski definition) is 6. The van der Waals surface area contributed by atoms with Gasteiger partial charge in [0.1, 0.15) is 12.2 Å². The molecule has 5 rings (SSSR count). The fraction of sp³-hybridized carbons (Fsp3) is 0.520. The predicted octanol–water partition coefficient (Wildman–Crippen LogP) is 2.53. The zero-order valence-corrected chi connectivity index (χ0v) is 21.3. The smallest absolute Gasteiger partial charge is 0.301 e. The number of amides is 1. The number of piperidine rings is 1. The van der Waals surface area contributed by atoms with E-state index in [9.17, 15) is 13.2 Å². The third-order valence-electron chi connectivity index (χ3n) is 7.16. The lowest BCUT2D eigenvalue weighted by Crippen LogP contribution is -2.35. The van der Waals surface area contributed by atoms with Crippen molar-refractivity contribution in [3.05, 3.63) is 52.7 Å². The summed E-state index contributed by atoms with van der Waals surface area (Å²) in [6.45, 7) is 7.58. The Kier molecular flexibility index (Phi) is 6.23. The van der Waals surface area contributed by atoms with Crippen LogP contribution in [-0.4, -0.2) is 74.0 Å². The van der Waals surface area contributed by atoms with Crippen LogP contribution in [0.15, 0.2) is 30.3 Å². The van der Waals surface area contributed by atoms with Gasteiger partial charge in [0.2, 0.25) is 5.88 Å². The molecule has 1 aromatic heterocycles. The number of carbonyl (C=O) groups is 1. The first kappa shape index (κ1) is 24.0. The molecule has 0 radical (unpaired) electrons. The molecule has 3 aliphatic rings. The summed E-state index contributed by atoms with van der Waals surface area (Å²) in [5.41, 5.74) is 3.65. The van der Waals surface area contributed by atoms with Gasteiger partial charge in [-0.15, -0.1) is 0 Å². The second-order valence-corrected chi connectivity index (χ2v) is 11.6. The van der Waals surface area contributed by atoms with Gasteiger partial charge in [-0.3, -0.25) is 9.52 Å². The highest BCUT2D eigenvalue weighted by atomic mass is 32.2. The van der Waals surface area contributed by atoms with Gasteiger partial charge in [0.15, 0.2) is 0 Å². The number of likely N-dealkylation sites (tertiary alicyclic amines) is 1. The molecule has 10 heteroatoms. The van der Waals surface area contributed by atoms with Gasteiger partial charge in [-0.2, -0.15) is 12.7 Å². The minimum atomic E-state index is -3.63. The lowest BCUT2D eigenvalue weighted by Gasteiger charge is -2.21. The zero-order valence-electron chi connectivity index (χ0n) is 20.5. The molecule has 3 fully saturated rings. The van der Waals surface area contributed by atoms with Crippen molar-refractivity contribution >= 4 is 21.8 Å². The second kappa shape index (κ2) is 9.07. The normalized spacial score (nSPS) is 26.0. The summed E-state index contributed by atoms with van der Waals surface area (Å²) in [5, 5.41) is 0. The fourth-order valence-corrected chi connectivity index (χ4v) is 6.38. The van der Waals surface area contributed by atoms with Crippen molar-refractivity contribution in [3.8, 4) is 5.88 Å². The van der Waals surface area contributed by atoms with Crippen LogP contribution in [0.4, 0.5) is 5.69 Å². The van der Waals surface area contributed by atoms with Gasteiger partial charge < -0.3 is 14.4 Å². The summed E-state index contributed by atoms with van der Waals surface area (Å²) in [7, 11) is -2.03. The van der Waals surface area contributed by atoms with Crippen LogP contribution in [0.25, 0.3) is 0 Å². The van der Waals surface area contributed by atoms with E-state index in [-0.39, 0.29) is 12.0 Å². The third kappa shape index (κ3) is 5.00. The van der Waals surface area contributed by atoms with Gasteiger partial charge in [0.05, 0.1) is 18.8 Å². The highest BCUT2D eigenvalue weighted by molar-refractivity contribution is 7.90. The highest BCUT2D eigenvalue weighted by Gasteiger charge is 2.48. The lowest BCUT2D eigenvalue weighted by molar-refractivity contribution is 0.0319. The quantitative estimate of drug-likeness (QED) is 0.627. The number of ether oxygens (including phenoxy) is 2. The topological polar surface area (TPSA) is 101 Å². The maximum Gasteiger partial charge on any atom is 0.301 e. The van der Waals surface area contributed by atoms with E-state index in [2.05, 4.69) is 9.71 Å². The van der Waals surface area contributed by atoms with E-state index in [1.807, 2.05) is 32.0 Å². The van der Waals surface area contributed by atoms with Crippen molar-refractivity contribution in [1.82, 2.24) is 14.2 Å². The van der Waals surface area contributed by atoms with E-state index in [0.29, 0.717) is 60.8 Å². The molecule has 9 nitrogen and oxygen atoms in total. The van der Waals surface area contributed by atoms with Crippen molar-refractivity contribution < 1.29 is 22.7 Å². The number of methoxy groups -OCH3 is 1. The Labute approximate surface area is 206 Å². The Hall–Kier alpha value is -2.69. The standard InChI is InChI=1S/C25H32N4O5S/c1-15-5-6-16(2)21(7-15)25(30)28-13-22(33-4)23(14-28)34-24-10-20(8-17(3)26-24)27-35(31,32)29-11-18-9-19(18)12-29/h5-8,10,18-19,22-23H,9,11-14H2,1-4H3,(H,26,27)/t18-,19-,22?,23?/m0/s1. The molecule has 1 aliphatic carbocycles. The van der Waals surface area contributed by atoms with Gasteiger partial charge in [0.25, 0.3) is 5.91 Å². The van der Waals surface area contributed by atoms with Crippen LogP contribution < -0.4 is 9.46 Å². The number of rotatable bonds is 7. The summed E-state index contributed by atoms with van der Waals surface area (Å²) in [4.78, 5) is 19.4. The number of aromatic nitrogens is 1. The van der Waals surface area contributed by atoms with E-state index in [4.69, 9.17) is 9.47 Å². The maximum absolute atomic E-state index is 13.2. The van der Waals surface area contributed by atoms with E-state index in [0.717, 1.165) is 17.5 Å². The average molecular weight is 501 g/mol. The number of nitrogens with zero attached hydrogens (tertiary/aromatic N) is 3. The van der Waals surface area contributed by atoms with Gasteiger partial charge in [-0.25, -0.2) is 4.98 Å². The maximum atomic E-state index is 13.2. The Bertz CT molecular complexity index is 1240. The SMILES string of the molecule is COC1CN(C(=O)c2cc(C)ccc2C)CC1Oc1cc(NS(=O)(=O)N2C[C@@H]3C[C@H]3C2)cc(C)n1. The van der Waals surface area contributed by atoms with Crippen LogP contribution in [0.1, 0.15) is 33.6 Å². The van der Waals surface area contributed by atoms with Crippen molar-refractivity contribution in [3.63, 3.8) is 0 Å². The van der Waals surface area contributed by atoms with E-state index < -0.39 is 16.3 Å². The molecule has 3 heterocycles.